The summed E-state index contributed by atoms with van der Waals surface area (Å²) in [5.41, 5.74) is 0.298. The number of aromatic nitrogens is 2. The predicted octanol–water partition coefficient (Wildman–Crippen LogP) is 0.612. The summed E-state index contributed by atoms with van der Waals surface area (Å²) in [6.07, 6.45) is 3.87. The minimum atomic E-state index is -3.66. The van der Waals surface area contributed by atoms with Gasteiger partial charge in [0.1, 0.15) is 0 Å². The number of sulfone groups is 1. The maximum absolute atomic E-state index is 13.0. The molecule has 0 saturated carbocycles. The molecule has 0 N–H and O–H groups in total. The zero-order valence-electron chi connectivity index (χ0n) is 17.8. The number of hydrogen-bond donors (Lipinski definition) is 0. The Labute approximate surface area is 180 Å². The molecule has 1 unspecified atom stereocenters. The van der Waals surface area contributed by atoms with Crippen LogP contribution < -0.4 is 0 Å². The number of esters is 1. The SMILES string of the molecule is CCOC(=O)C1CCCN(C(=O)CN(C)C(=O)c2nc(S(C)(=O)=O)n3ccccc23)C1. The van der Waals surface area contributed by atoms with Gasteiger partial charge in [0.25, 0.3) is 5.91 Å². The van der Waals surface area contributed by atoms with E-state index in [-0.39, 0.29) is 48.3 Å². The minimum absolute atomic E-state index is 0.0423. The van der Waals surface area contributed by atoms with Gasteiger partial charge in [0, 0.05) is 32.6 Å². The molecule has 2 amide bonds. The summed E-state index contributed by atoms with van der Waals surface area (Å²) in [4.78, 5) is 44.6. The maximum Gasteiger partial charge on any atom is 0.310 e. The van der Waals surface area contributed by atoms with E-state index in [0.29, 0.717) is 24.9 Å². The van der Waals surface area contributed by atoms with E-state index in [1.54, 1.807) is 30.0 Å². The highest BCUT2D eigenvalue weighted by Crippen LogP contribution is 2.20. The number of pyridine rings is 1. The van der Waals surface area contributed by atoms with E-state index in [1.165, 1.54) is 22.5 Å². The van der Waals surface area contributed by atoms with Crippen LogP contribution in [-0.2, 0) is 24.2 Å². The first-order valence-corrected chi connectivity index (χ1v) is 11.9. The van der Waals surface area contributed by atoms with Crippen LogP contribution in [0.5, 0.6) is 0 Å². The number of carbonyl (C=O) groups is 3. The zero-order valence-corrected chi connectivity index (χ0v) is 18.6. The van der Waals surface area contributed by atoms with E-state index in [2.05, 4.69) is 4.98 Å². The summed E-state index contributed by atoms with van der Waals surface area (Å²) in [5, 5.41) is -0.237. The Bertz CT molecular complexity index is 1110. The highest BCUT2D eigenvalue weighted by molar-refractivity contribution is 7.90. The second kappa shape index (κ2) is 9.04. The lowest BCUT2D eigenvalue weighted by atomic mass is 9.98. The van der Waals surface area contributed by atoms with Gasteiger partial charge in [-0.05, 0) is 31.9 Å². The largest absolute Gasteiger partial charge is 0.466 e. The van der Waals surface area contributed by atoms with Gasteiger partial charge in [0.15, 0.2) is 5.69 Å². The molecule has 0 bridgehead atoms. The molecule has 2 aromatic rings. The van der Waals surface area contributed by atoms with Crippen LogP contribution in [0.3, 0.4) is 0 Å². The first kappa shape index (κ1) is 22.7. The van der Waals surface area contributed by atoms with Gasteiger partial charge in [-0.25, -0.2) is 13.4 Å². The number of ether oxygens (including phenoxy) is 1. The number of fused-ring (bicyclic) bond motifs is 1. The molecule has 0 aliphatic carbocycles. The third kappa shape index (κ3) is 4.87. The number of likely N-dealkylation sites (tertiary alicyclic amines) is 1. The van der Waals surface area contributed by atoms with E-state index in [4.69, 9.17) is 4.74 Å². The van der Waals surface area contributed by atoms with Crippen LogP contribution in [0.1, 0.15) is 30.3 Å². The monoisotopic (exact) mass is 450 g/mol. The molecule has 0 spiro atoms. The number of rotatable bonds is 6. The summed E-state index contributed by atoms with van der Waals surface area (Å²) >= 11 is 0. The van der Waals surface area contributed by atoms with Crippen molar-refractivity contribution in [1.29, 1.82) is 0 Å². The number of likely N-dealkylation sites (N-methyl/N-ethyl adjacent to an activating group) is 1. The van der Waals surface area contributed by atoms with Gasteiger partial charge in [0.05, 0.1) is 24.6 Å². The van der Waals surface area contributed by atoms with Crippen LogP contribution in [0.15, 0.2) is 29.6 Å². The van der Waals surface area contributed by atoms with Crippen LogP contribution in [0.25, 0.3) is 5.52 Å². The summed E-state index contributed by atoms with van der Waals surface area (Å²) < 4.78 is 30.5. The van der Waals surface area contributed by atoms with Crippen molar-refractivity contribution >= 4 is 33.1 Å². The van der Waals surface area contributed by atoms with E-state index in [9.17, 15) is 22.8 Å². The van der Waals surface area contributed by atoms with Crippen molar-refractivity contribution in [2.24, 2.45) is 5.92 Å². The zero-order chi connectivity index (χ0) is 22.8. The molecular formula is C20H26N4O6S. The van der Waals surface area contributed by atoms with Crippen molar-refractivity contribution in [2.45, 2.75) is 24.9 Å². The fraction of sp³-hybridized carbons (Fsp3) is 0.500. The van der Waals surface area contributed by atoms with Gasteiger partial charge in [-0.1, -0.05) is 6.07 Å². The van der Waals surface area contributed by atoms with Crippen LogP contribution in [0.4, 0.5) is 0 Å². The molecule has 3 rings (SSSR count). The van der Waals surface area contributed by atoms with E-state index in [0.717, 1.165) is 6.26 Å². The standard InChI is InChI=1S/C20H26N4O6S/c1-4-30-19(27)14-8-7-10-23(12-14)16(25)13-22(2)18(26)17-15-9-5-6-11-24(15)20(21-17)31(3,28)29/h5-6,9,11,14H,4,7-8,10,12-13H2,1-3H3. The molecule has 0 aromatic carbocycles. The van der Waals surface area contributed by atoms with Gasteiger partial charge >= 0.3 is 5.97 Å². The van der Waals surface area contributed by atoms with Crippen LogP contribution in [-0.4, -0.2) is 84.9 Å². The average molecular weight is 451 g/mol. The summed E-state index contributed by atoms with van der Waals surface area (Å²) in [6.45, 7) is 2.57. The molecule has 1 atom stereocenters. The molecule has 1 fully saturated rings. The van der Waals surface area contributed by atoms with E-state index >= 15 is 0 Å². The third-order valence-corrected chi connectivity index (χ3v) is 6.11. The maximum atomic E-state index is 13.0. The van der Waals surface area contributed by atoms with Crippen molar-refractivity contribution in [3.63, 3.8) is 0 Å². The highest BCUT2D eigenvalue weighted by atomic mass is 32.2. The van der Waals surface area contributed by atoms with Gasteiger partial charge in [-0.3, -0.25) is 18.8 Å². The Hall–Kier alpha value is -2.95. The molecule has 10 nitrogen and oxygen atoms in total. The van der Waals surface area contributed by atoms with Crippen molar-refractivity contribution in [2.75, 3.05) is 39.5 Å². The Balaban J connectivity index is 1.75. The van der Waals surface area contributed by atoms with Crippen molar-refractivity contribution in [1.82, 2.24) is 19.2 Å². The molecule has 31 heavy (non-hydrogen) atoms. The summed E-state index contributed by atoms with van der Waals surface area (Å²) in [6, 6.07) is 4.91. The molecule has 1 aliphatic rings. The smallest absolute Gasteiger partial charge is 0.310 e. The fourth-order valence-electron chi connectivity index (χ4n) is 3.64. The molecule has 168 valence electrons. The number of nitrogens with zero attached hydrogens (tertiary/aromatic N) is 4. The minimum Gasteiger partial charge on any atom is -0.466 e. The van der Waals surface area contributed by atoms with Crippen molar-refractivity contribution in [3.8, 4) is 0 Å². The Kier molecular flexibility index (Phi) is 6.63. The van der Waals surface area contributed by atoms with Gasteiger partial charge in [-0.2, -0.15) is 0 Å². The second-order valence-corrected chi connectivity index (χ2v) is 9.47. The number of imidazole rings is 1. The lowest BCUT2D eigenvalue weighted by Crippen LogP contribution is -2.47. The molecule has 0 radical (unpaired) electrons. The molecule has 11 heteroatoms. The fourth-order valence-corrected chi connectivity index (χ4v) is 4.41. The van der Waals surface area contributed by atoms with Crippen molar-refractivity contribution < 1.29 is 27.5 Å². The second-order valence-electron chi connectivity index (χ2n) is 7.56. The lowest BCUT2D eigenvalue weighted by Gasteiger charge is -2.32. The van der Waals surface area contributed by atoms with E-state index < -0.39 is 15.7 Å². The molecule has 1 saturated heterocycles. The third-order valence-electron chi connectivity index (χ3n) is 5.16. The van der Waals surface area contributed by atoms with Gasteiger partial charge in [-0.15, -0.1) is 0 Å². The highest BCUT2D eigenvalue weighted by Gasteiger charge is 2.31. The normalized spacial score (nSPS) is 16.9. The first-order valence-electron chi connectivity index (χ1n) is 10.0. The van der Waals surface area contributed by atoms with Crippen LogP contribution in [0, 0.1) is 5.92 Å². The van der Waals surface area contributed by atoms with Crippen LogP contribution in [0.2, 0.25) is 0 Å². The topological polar surface area (TPSA) is 118 Å². The van der Waals surface area contributed by atoms with E-state index in [1.807, 2.05) is 0 Å². The lowest BCUT2D eigenvalue weighted by molar-refractivity contribution is -0.151. The number of piperidine rings is 1. The number of amides is 2. The number of hydrogen-bond acceptors (Lipinski definition) is 7. The summed E-state index contributed by atoms with van der Waals surface area (Å²) in [7, 11) is -2.21. The molecular weight excluding hydrogens is 424 g/mol. The Morgan fingerprint density at radius 3 is 2.71 bits per heavy atom. The van der Waals surface area contributed by atoms with Gasteiger partial charge in [0.2, 0.25) is 20.9 Å². The molecule has 3 heterocycles. The summed E-state index contributed by atoms with van der Waals surface area (Å²) in [5.74, 6) is -1.54. The Morgan fingerprint density at radius 1 is 1.29 bits per heavy atom. The molecule has 2 aromatic heterocycles. The quantitative estimate of drug-likeness (QED) is 0.592. The Morgan fingerprint density at radius 2 is 2.03 bits per heavy atom. The van der Waals surface area contributed by atoms with Gasteiger partial charge < -0.3 is 14.5 Å². The van der Waals surface area contributed by atoms with Crippen LogP contribution >= 0.6 is 0 Å². The van der Waals surface area contributed by atoms with Crippen molar-refractivity contribution in [3.05, 3.63) is 30.1 Å². The first-order chi connectivity index (χ1) is 14.6. The predicted molar refractivity (Wildman–Crippen MR) is 111 cm³/mol. The molecule has 1 aliphatic heterocycles. The number of carbonyl (C=O) groups excluding carboxylic acids is 3. The average Bonchev–Trinajstić information content (AvgIpc) is 3.13.